The van der Waals surface area contributed by atoms with E-state index in [4.69, 9.17) is 14.2 Å². The van der Waals surface area contributed by atoms with E-state index >= 15 is 0 Å². The highest BCUT2D eigenvalue weighted by Crippen LogP contribution is 2.38. The number of carbonyl (C=O) groups excluding carboxylic acids is 4. The second-order valence-corrected chi connectivity index (χ2v) is 10.6. The van der Waals surface area contributed by atoms with Crippen molar-refractivity contribution in [2.75, 3.05) is 51.4 Å². The van der Waals surface area contributed by atoms with Crippen LogP contribution in [-0.2, 0) is 19.1 Å². The van der Waals surface area contributed by atoms with E-state index in [0.717, 1.165) is 22.2 Å². The summed E-state index contributed by atoms with van der Waals surface area (Å²) in [5.74, 6) is -0.457. The van der Waals surface area contributed by atoms with E-state index < -0.39 is 11.1 Å². The number of hydrogen-bond donors (Lipinski definition) is 1. The summed E-state index contributed by atoms with van der Waals surface area (Å²) in [6.07, 6.45) is 1.56. The fraction of sp³-hybridized carbons (Fsp3) is 0.333. The number of halogens is 1. The van der Waals surface area contributed by atoms with Gasteiger partial charge in [-0.1, -0.05) is 33.6 Å². The molecule has 0 spiro atoms. The Balaban J connectivity index is 1.45. The predicted octanol–water partition coefficient (Wildman–Crippen LogP) is 4.07. The van der Waals surface area contributed by atoms with Crippen molar-refractivity contribution in [3.63, 3.8) is 0 Å². The number of benzene rings is 2. The Morgan fingerprint density at radius 1 is 1.10 bits per heavy atom. The van der Waals surface area contributed by atoms with Gasteiger partial charge in [0.25, 0.3) is 17.1 Å². The predicted molar refractivity (Wildman–Crippen MR) is 151 cm³/mol. The number of morpholine rings is 1. The number of nitrogens with one attached hydrogen (secondary N) is 1. The summed E-state index contributed by atoms with van der Waals surface area (Å²) in [5.41, 5.74) is 2.32. The van der Waals surface area contributed by atoms with Crippen LogP contribution in [0.25, 0.3) is 6.08 Å². The third-order valence-electron chi connectivity index (χ3n) is 5.87. The lowest BCUT2D eigenvalue weighted by Gasteiger charge is -2.28. The van der Waals surface area contributed by atoms with Crippen LogP contribution in [0.3, 0.4) is 0 Å². The van der Waals surface area contributed by atoms with E-state index in [9.17, 15) is 19.2 Å². The van der Waals surface area contributed by atoms with E-state index in [1.807, 2.05) is 38.1 Å². The molecule has 0 atom stereocenters. The third kappa shape index (κ3) is 7.40. The summed E-state index contributed by atoms with van der Waals surface area (Å²) in [5, 5.41) is 2.27. The smallest absolute Gasteiger partial charge is 0.294 e. The van der Waals surface area contributed by atoms with Gasteiger partial charge >= 0.3 is 0 Å². The number of amides is 4. The summed E-state index contributed by atoms with van der Waals surface area (Å²) in [6, 6.07) is 10.7. The molecule has 2 aromatic carbocycles. The number of aryl methyl sites for hydroxylation is 1. The van der Waals surface area contributed by atoms with E-state index in [1.54, 1.807) is 23.1 Å². The SMILES string of the molecule is CCOc1cc(/C=C2/SC(=O)N(CC(=O)N3CCOCC3)C2=O)c(Br)cc1OCC(=O)Nc1ccc(C)cc1. The first-order valence-corrected chi connectivity index (χ1v) is 13.9. The Hall–Kier alpha value is -3.35. The maximum absolute atomic E-state index is 13.0. The number of anilines is 1. The molecule has 1 N–H and O–H groups in total. The molecule has 0 bridgehead atoms. The van der Waals surface area contributed by atoms with E-state index in [-0.39, 0.29) is 29.9 Å². The molecule has 0 unspecified atom stereocenters. The van der Waals surface area contributed by atoms with Gasteiger partial charge in [0.05, 0.1) is 24.7 Å². The normalized spacial score (nSPS) is 16.5. The average molecular weight is 619 g/mol. The largest absolute Gasteiger partial charge is 0.490 e. The Labute approximate surface area is 238 Å². The van der Waals surface area contributed by atoms with Gasteiger partial charge in [0.15, 0.2) is 18.1 Å². The molecule has 39 heavy (non-hydrogen) atoms. The van der Waals surface area contributed by atoms with Gasteiger partial charge in [0.1, 0.15) is 6.54 Å². The van der Waals surface area contributed by atoms with Crippen molar-refractivity contribution in [1.82, 2.24) is 9.80 Å². The lowest BCUT2D eigenvalue weighted by molar-refractivity contribution is -0.139. The van der Waals surface area contributed by atoms with Gasteiger partial charge in [-0.15, -0.1) is 0 Å². The summed E-state index contributed by atoms with van der Waals surface area (Å²) in [7, 11) is 0. The molecular weight excluding hydrogens is 590 g/mol. The van der Waals surface area contributed by atoms with Crippen molar-refractivity contribution in [3.05, 3.63) is 56.9 Å². The number of ether oxygens (including phenoxy) is 3. The van der Waals surface area contributed by atoms with Gasteiger partial charge in [-0.3, -0.25) is 24.1 Å². The Kier molecular flexibility index (Phi) is 9.65. The van der Waals surface area contributed by atoms with Crippen molar-refractivity contribution in [2.24, 2.45) is 0 Å². The zero-order valence-electron chi connectivity index (χ0n) is 21.5. The molecule has 2 fully saturated rings. The van der Waals surface area contributed by atoms with Crippen LogP contribution in [0.5, 0.6) is 11.5 Å². The van der Waals surface area contributed by atoms with Crippen molar-refractivity contribution < 1.29 is 33.4 Å². The molecule has 2 heterocycles. The zero-order valence-corrected chi connectivity index (χ0v) is 23.9. The van der Waals surface area contributed by atoms with Crippen LogP contribution in [0.1, 0.15) is 18.1 Å². The number of hydrogen-bond acceptors (Lipinski definition) is 8. The van der Waals surface area contributed by atoms with Crippen LogP contribution in [0.4, 0.5) is 10.5 Å². The van der Waals surface area contributed by atoms with Gasteiger partial charge in [0.2, 0.25) is 5.91 Å². The molecule has 0 radical (unpaired) electrons. The maximum Gasteiger partial charge on any atom is 0.294 e. The average Bonchev–Trinajstić information content (AvgIpc) is 3.18. The van der Waals surface area contributed by atoms with Gasteiger partial charge in [-0.25, -0.2) is 0 Å². The second-order valence-electron chi connectivity index (χ2n) is 8.72. The molecule has 2 aliphatic heterocycles. The molecule has 2 aliphatic rings. The van der Waals surface area contributed by atoms with Gasteiger partial charge in [-0.2, -0.15) is 0 Å². The molecule has 0 saturated carbocycles. The molecule has 0 aliphatic carbocycles. The van der Waals surface area contributed by atoms with E-state index in [2.05, 4.69) is 21.2 Å². The quantitative estimate of drug-likeness (QED) is 0.419. The van der Waals surface area contributed by atoms with Gasteiger partial charge in [-0.05, 0) is 61.5 Å². The molecule has 12 heteroatoms. The zero-order chi connectivity index (χ0) is 27.9. The third-order valence-corrected chi connectivity index (χ3v) is 7.47. The van der Waals surface area contributed by atoms with Crippen LogP contribution in [0.2, 0.25) is 0 Å². The molecule has 0 aromatic heterocycles. The van der Waals surface area contributed by atoms with Crippen LogP contribution < -0.4 is 14.8 Å². The molecule has 2 aromatic rings. The highest BCUT2D eigenvalue weighted by molar-refractivity contribution is 9.10. The first-order valence-electron chi connectivity index (χ1n) is 12.3. The minimum absolute atomic E-state index is 0.184. The van der Waals surface area contributed by atoms with E-state index in [1.165, 1.54) is 0 Å². The molecule has 2 saturated heterocycles. The second kappa shape index (κ2) is 13.1. The monoisotopic (exact) mass is 617 g/mol. The standard InChI is InChI=1S/C27H28BrN3O7S/c1-3-37-21-12-18(20(28)14-22(21)38-16-24(32)29-19-6-4-17(2)5-7-19)13-23-26(34)31(27(35)39-23)15-25(33)30-8-10-36-11-9-30/h4-7,12-14H,3,8-11,15-16H2,1-2H3,(H,29,32)/b23-13+. The van der Waals surface area contributed by atoms with Crippen molar-refractivity contribution >= 4 is 62.4 Å². The lowest BCUT2D eigenvalue weighted by Crippen LogP contribution is -2.46. The Morgan fingerprint density at radius 3 is 2.49 bits per heavy atom. The number of nitrogens with zero attached hydrogens (tertiary/aromatic N) is 2. The van der Waals surface area contributed by atoms with Crippen LogP contribution in [-0.4, -0.2) is 78.8 Å². The highest BCUT2D eigenvalue weighted by Gasteiger charge is 2.37. The highest BCUT2D eigenvalue weighted by atomic mass is 79.9. The molecule has 10 nitrogen and oxygen atoms in total. The summed E-state index contributed by atoms with van der Waals surface area (Å²) in [6.45, 7) is 5.28. The van der Waals surface area contributed by atoms with Crippen molar-refractivity contribution in [1.29, 1.82) is 0 Å². The lowest BCUT2D eigenvalue weighted by atomic mass is 10.1. The topological polar surface area (TPSA) is 114 Å². The minimum Gasteiger partial charge on any atom is -0.490 e. The van der Waals surface area contributed by atoms with Crippen LogP contribution >= 0.6 is 27.7 Å². The first-order chi connectivity index (χ1) is 18.7. The van der Waals surface area contributed by atoms with Crippen LogP contribution in [0, 0.1) is 6.92 Å². The summed E-state index contributed by atoms with van der Waals surface area (Å²) in [4.78, 5) is 53.2. The Bertz CT molecular complexity index is 1290. The summed E-state index contributed by atoms with van der Waals surface area (Å²) >= 11 is 4.25. The fourth-order valence-corrected chi connectivity index (χ4v) is 5.11. The maximum atomic E-state index is 13.0. The molecular formula is C27H28BrN3O7S. The van der Waals surface area contributed by atoms with Crippen LogP contribution in [0.15, 0.2) is 45.8 Å². The molecule has 206 valence electrons. The number of thioether (sulfide) groups is 1. The number of imide groups is 1. The summed E-state index contributed by atoms with van der Waals surface area (Å²) < 4.78 is 17.3. The Morgan fingerprint density at radius 2 is 1.79 bits per heavy atom. The molecule has 4 amide bonds. The van der Waals surface area contributed by atoms with Crippen molar-refractivity contribution in [2.45, 2.75) is 13.8 Å². The van der Waals surface area contributed by atoms with Gasteiger partial charge in [0, 0.05) is 23.2 Å². The van der Waals surface area contributed by atoms with Gasteiger partial charge < -0.3 is 24.4 Å². The first kappa shape index (κ1) is 28.7. The number of carbonyl (C=O) groups is 4. The van der Waals surface area contributed by atoms with E-state index in [0.29, 0.717) is 60.1 Å². The fourth-order valence-electron chi connectivity index (χ4n) is 3.85. The molecule has 4 rings (SSSR count). The minimum atomic E-state index is -0.537. The number of rotatable bonds is 9. The van der Waals surface area contributed by atoms with Crippen molar-refractivity contribution in [3.8, 4) is 11.5 Å².